The Hall–Kier alpha value is -3.55. The van der Waals surface area contributed by atoms with Crippen LogP contribution in [0.2, 0.25) is 10.0 Å². The summed E-state index contributed by atoms with van der Waals surface area (Å²) in [5.41, 5.74) is -2.43. The van der Waals surface area contributed by atoms with E-state index in [9.17, 15) is 36.5 Å². The molecule has 2 N–H and O–H groups in total. The molecule has 0 aliphatic carbocycles. The van der Waals surface area contributed by atoms with E-state index in [0.717, 1.165) is 24.3 Å². The SMILES string of the molecule is O=C(NS(=O)(=O)Nc1ccc(Cl)cc1)c1cc(Oc2ccc(C(F)(F)F)cc2Cl)ccc1[N+](=O)[O-]. The number of ether oxygens (including phenoxy) is 1. The third-order valence-electron chi connectivity index (χ3n) is 4.22. The molecule has 0 aliphatic heterocycles. The number of benzene rings is 3. The average Bonchev–Trinajstić information content (AvgIpc) is 2.75. The van der Waals surface area contributed by atoms with Crippen molar-refractivity contribution in [1.82, 2.24) is 4.72 Å². The molecule has 3 aromatic carbocycles. The van der Waals surface area contributed by atoms with E-state index in [1.807, 2.05) is 4.72 Å². The lowest BCUT2D eigenvalue weighted by Gasteiger charge is -2.13. The van der Waals surface area contributed by atoms with Gasteiger partial charge in [0.05, 0.1) is 21.2 Å². The van der Waals surface area contributed by atoms with Crippen molar-refractivity contribution in [2.75, 3.05) is 4.72 Å². The van der Waals surface area contributed by atoms with Crippen LogP contribution in [0.3, 0.4) is 0 Å². The van der Waals surface area contributed by atoms with Gasteiger partial charge in [-0.3, -0.25) is 19.6 Å². The summed E-state index contributed by atoms with van der Waals surface area (Å²) in [6.07, 6.45) is -4.65. The molecule has 3 aromatic rings. The highest BCUT2D eigenvalue weighted by Crippen LogP contribution is 2.37. The normalized spacial score (nSPS) is 11.6. The van der Waals surface area contributed by atoms with Crippen molar-refractivity contribution in [2.45, 2.75) is 6.18 Å². The smallest absolute Gasteiger partial charge is 0.416 e. The van der Waals surface area contributed by atoms with Gasteiger partial charge in [0, 0.05) is 17.2 Å². The van der Waals surface area contributed by atoms with E-state index in [2.05, 4.69) is 0 Å². The Bertz CT molecular complexity index is 1400. The van der Waals surface area contributed by atoms with E-state index in [4.69, 9.17) is 27.9 Å². The number of nitro benzene ring substituents is 1. The molecule has 0 heterocycles. The van der Waals surface area contributed by atoms with Gasteiger partial charge in [-0.05, 0) is 48.5 Å². The molecule has 35 heavy (non-hydrogen) atoms. The number of carbonyl (C=O) groups is 1. The summed E-state index contributed by atoms with van der Waals surface area (Å²) in [7, 11) is -4.52. The molecular weight excluding hydrogens is 538 g/mol. The molecule has 0 fully saturated rings. The Kier molecular flexibility index (Phi) is 7.43. The standard InChI is InChI=1S/C20H12Cl2F3N3O6S/c21-12-2-4-13(5-3-12)26-35(32,33)27-19(29)15-10-14(6-7-17(15)28(30)31)34-18-8-1-11(9-16(18)22)20(23,24)25/h1-10,26H,(H,27,29). The number of alkyl halides is 3. The molecular formula is C20H12Cl2F3N3O6S. The quantitative estimate of drug-likeness (QED) is 0.283. The van der Waals surface area contributed by atoms with Crippen LogP contribution >= 0.6 is 23.2 Å². The van der Waals surface area contributed by atoms with Gasteiger partial charge in [0.1, 0.15) is 17.1 Å². The molecule has 184 valence electrons. The van der Waals surface area contributed by atoms with Gasteiger partial charge in [-0.2, -0.15) is 21.6 Å². The van der Waals surface area contributed by atoms with Crippen molar-refractivity contribution < 1.29 is 36.0 Å². The molecule has 15 heteroatoms. The van der Waals surface area contributed by atoms with E-state index < -0.39 is 49.1 Å². The maximum Gasteiger partial charge on any atom is 0.416 e. The fraction of sp³-hybridized carbons (Fsp3) is 0.0500. The van der Waals surface area contributed by atoms with Crippen LogP contribution in [0.5, 0.6) is 11.5 Å². The molecule has 9 nitrogen and oxygen atoms in total. The van der Waals surface area contributed by atoms with Crippen molar-refractivity contribution in [3.8, 4) is 11.5 Å². The summed E-state index contributed by atoms with van der Waals surface area (Å²) in [4.78, 5) is 23.0. The number of amides is 1. The number of rotatable bonds is 7. The first-order chi connectivity index (χ1) is 16.2. The van der Waals surface area contributed by atoms with Gasteiger partial charge >= 0.3 is 16.4 Å². The van der Waals surface area contributed by atoms with Crippen molar-refractivity contribution in [3.05, 3.63) is 92.0 Å². The van der Waals surface area contributed by atoms with Crippen molar-refractivity contribution >= 4 is 50.7 Å². The lowest BCUT2D eigenvalue weighted by molar-refractivity contribution is -0.385. The molecule has 0 unspecified atom stereocenters. The highest BCUT2D eigenvalue weighted by molar-refractivity contribution is 7.91. The topological polar surface area (TPSA) is 128 Å². The number of halogens is 5. The largest absolute Gasteiger partial charge is 0.456 e. The van der Waals surface area contributed by atoms with E-state index >= 15 is 0 Å². The Morgan fingerprint density at radius 1 is 1.00 bits per heavy atom. The van der Waals surface area contributed by atoms with Crippen LogP contribution in [-0.2, 0) is 16.4 Å². The molecule has 0 atom stereocenters. The number of nitrogens with one attached hydrogen (secondary N) is 2. The minimum absolute atomic E-state index is 0.0539. The number of nitro groups is 1. The molecule has 0 bridgehead atoms. The molecule has 0 radical (unpaired) electrons. The second kappa shape index (κ2) is 9.98. The summed E-state index contributed by atoms with van der Waals surface area (Å²) in [5, 5.41) is 11.3. The molecule has 0 spiro atoms. The van der Waals surface area contributed by atoms with Gasteiger partial charge in [-0.25, -0.2) is 4.72 Å². The molecule has 3 rings (SSSR count). The zero-order chi connectivity index (χ0) is 26.0. The fourth-order valence-corrected chi connectivity index (χ4v) is 3.88. The maximum atomic E-state index is 12.8. The van der Waals surface area contributed by atoms with Crippen LogP contribution < -0.4 is 14.2 Å². The third-order valence-corrected chi connectivity index (χ3v) is 5.73. The van der Waals surface area contributed by atoms with E-state index in [1.54, 1.807) is 4.72 Å². The summed E-state index contributed by atoms with van der Waals surface area (Å²) >= 11 is 11.6. The molecule has 0 aromatic heterocycles. The zero-order valence-electron chi connectivity index (χ0n) is 17.0. The third kappa shape index (κ3) is 6.74. The predicted molar refractivity (Wildman–Crippen MR) is 121 cm³/mol. The Morgan fingerprint density at radius 2 is 1.66 bits per heavy atom. The molecule has 1 amide bonds. The maximum absolute atomic E-state index is 12.8. The van der Waals surface area contributed by atoms with Crippen molar-refractivity contribution in [2.24, 2.45) is 0 Å². The molecule has 0 saturated heterocycles. The Labute approximate surface area is 205 Å². The van der Waals surface area contributed by atoms with Crippen molar-refractivity contribution in [1.29, 1.82) is 0 Å². The Balaban J connectivity index is 1.87. The number of carbonyl (C=O) groups excluding carboxylic acids is 1. The van der Waals surface area contributed by atoms with E-state index in [-0.39, 0.29) is 17.2 Å². The first-order valence-corrected chi connectivity index (χ1v) is 11.4. The van der Waals surface area contributed by atoms with Crippen molar-refractivity contribution in [3.63, 3.8) is 0 Å². The number of hydrogen-bond acceptors (Lipinski definition) is 6. The number of hydrogen-bond donors (Lipinski definition) is 2. The van der Waals surface area contributed by atoms with Crippen LogP contribution in [-0.4, -0.2) is 19.2 Å². The van der Waals surface area contributed by atoms with Crippen LogP contribution in [0.25, 0.3) is 0 Å². The van der Waals surface area contributed by atoms with Gasteiger partial charge < -0.3 is 4.74 Å². The second-order valence-electron chi connectivity index (χ2n) is 6.72. The molecule has 0 aliphatic rings. The summed E-state index contributed by atoms with van der Waals surface area (Å²) < 4.78 is 72.1. The predicted octanol–water partition coefficient (Wildman–Crippen LogP) is 5.80. The average molecular weight is 550 g/mol. The lowest BCUT2D eigenvalue weighted by atomic mass is 10.1. The Morgan fingerprint density at radius 3 is 2.23 bits per heavy atom. The van der Waals surface area contributed by atoms with Crippen LogP contribution in [0, 0.1) is 10.1 Å². The highest BCUT2D eigenvalue weighted by Gasteiger charge is 2.31. The number of anilines is 1. The van der Waals surface area contributed by atoms with Gasteiger partial charge in [0.25, 0.3) is 11.6 Å². The second-order valence-corrected chi connectivity index (χ2v) is 8.98. The van der Waals surface area contributed by atoms with Gasteiger partial charge in [0.2, 0.25) is 0 Å². The summed E-state index contributed by atoms with van der Waals surface area (Å²) in [6, 6.07) is 10.4. The van der Waals surface area contributed by atoms with Gasteiger partial charge in [0.15, 0.2) is 0 Å². The van der Waals surface area contributed by atoms with Crippen LogP contribution in [0.4, 0.5) is 24.5 Å². The summed E-state index contributed by atoms with van der Waals surface area (Å²) in [6.45, 7) is 0. The summed E-state index contributed by atoms with van der Waals surface area (Å²) in [5.74, 6) is -1.84. The first-order valence-electron chi connectivity index (χ1n) is 9.19. The molecule has 0 saturated carbocycles. The van der Waals surface area contributed by atoms with E-state index in [0.29, 0.717) is 17.2 Å². The minimum atomic E-state index is -4.65. The minimum Gasteiger partial charge on any atom is -0.456 e. The zero-order valence-corrected chi connectivity index (χ0v) is 19.3. The monoisotopic (exact) mass is 549 g/mol. The first kappa shape index (κ1) is 26.1. The van der Waals surface area contributed by atoms with Gasteiger partial charge in [-0.15, -0.1) is 0 Å². The van der Waals surface area contributed by atoms with E-state index in [1.165, 1.54) is 24.3 Å². The fourth-order valence-electron chi connectivity index (χ4n) is 2.68. The number of nitrogens with zero attached hydrogens (tertiary/aromatic N) is 1. The van der Waals surface area contributed by atoms with Crippen LogP contribution in [0.1, 0.15) is 15.9 Å². The lowest BCUT2D eigenvalue weighted by Crippen LogP contribution is -2.35. The van der Waals surface area contributed by atoms with Gasteiger partial charge in [-0.1, -0.05) is 23.2 Å². The van der Waals surface area contributed by atoms with Crippen LogP contribution in [0.15, 0.2) is 60.7 Å². The highest BCUT2D eigenvalue weighted by atomic mass is 35.5.